The first-order valence-electron chi connectivity index (χ1n) is 11.8. The van der Waals surface area contributed by atoms with E-state index >= 15 is 0 Å². The summed E-state index contributed by atoms with van der Waals surface area (Å²) in [5, 5.41) is 19.4. The normalized spacial score (nSPS) is 14.7. The van der Waals surface area contributed by atoms with Gasteiger partial charge in [-0.15, -0.1) is 0 Å². The summed E-state index contributed by atoms with van der Waals surface area (Å²) in [7, 11) is 1.57. The average molecular weight is 495 g/mol. The van der Waals surface area contributed by atoms with Gasteiger partial charge >= 0.3 is 6.03 Å². The van der Waals surface area contributed by atoms with Gasteiger partial charge in [0.1, 0.15) is 12.4 Å². The van der Waals surface area contributed by atoms with Gasteiger partial charge in [0, 0.05) is 41.7 Å². The Hall–Kier alpha value is -4.85. The van der Waals surface area contributed by atoms with Crippen molar-refractivity contribution in [2.24, 2.45) is 5.10 Å². The first kappa shape index (κ1) is 23.9. The van der Waals surface area contributed by atoms with Crippen LogP contribution in [0.15, 0.2) is 102 Å². The fraction of sp³-hybridized carbons (Fsp3) is 0.138. The van der Waals surface area contributed by atoms with Gasteiger partial charge in [0.15, 0.2) is 11.5 Å². The van der Waals surface area contributed by atoms with E-state index in [1.807, 2.05) is 48.5 Å². The lowest BCUT2D eigenvalue weighted by molar-refractivity contribution is 0.199. The molecule has 0 bridgehead atoms. The number of hydrogen-bond donors (Lipinski definition) is 2. The molecule has 0 fully saturated rings. The van der Waals surface area contributed by atoms with Gasteiger partial charge in [-0.2, -0.15) is 5.10 Å². The molecule has 0 aliphatic carbocycles. The molecule has 2 heterocycles. The predicted molar refractivity (Wildman–Crippen MR) is 141 cm³/mol. The third kappa shape index (κ3) is 5.38. The Morgan fingerprint density at radius 3 is 2.59 bits per heavy atom. The van der Waals surface area contributed by atoms with E-state index < -0.39 is 12.1 Å². The standard InChI is InChI=1S/C29H26N4O4/c1-36-27-14-13-22(16-28(27)37-19-20-8-3-2-4-9-20)31-29(35)33-25(23-11-5-6-12-26(23)34)17-24(32-33)21-10-7-15-30-18-21/h2-16,18,25,34H,17,19H2,1H3,(H,31,35). The minimum absolute atomic E-state index is 0.106. The molecule has 2 N–H and O–H groups in total. The summed E-state index contributed by atoms with van der Waals surface area (Å²) in [5.74, 6) is 1.16. The fourth-order valence-electron chi connectivity index (χ4n) is 4.20. The van der Waals surface area contributed by atoms with Crippen LogP contribution in [0.1, 0.15) is 29.2 Å². The highest BCUT2D eigenvalue weighted by molar-refractivity contribution is 6.04. The summed E-state index contributed by atoms with van der Waals surface area (Å²) in [6.45, 7) is 0.356. The largest absolute Gasteiger partial charge is 0.508 e. The van der Waals surface area contributed by atoms with Gasteiger partial charge in [-0.25, -0.2) is 9.80 Å². The van der Waals surface area contributed by atoms with Gasteiger partial charge < -0.3 is 19.9 Å². The number of phenolic OH excluding ortho intramolecular Hbond substituents is 1. The molecular formula is C29H26N4O4. The maximum Gasteiger partial charge on any atom is 0.342 e. The molecule has 0 spiro atoms. The fourth-order valence-corrected chi connectivity index (χ4v) is 4.20. The first-order chi connectivity index (χ1) is 18.1. The summed E-state index contributed by atoms with van der Waals surface area (Å²) < 4.78 is 11.4. The number of methoxy groups -OCH3 is 1. The summed E-state index contributed by atoms with van der Waals surface area (Å²) in [5.41, 5.74) is 3.67. The van der Waals surface area contributed by atoms with E-state index in [9.17, 15) is 9.90 Å². The highest BCUT2D eigenvalue weighted by Gasteiger charge is 2.34. The molecule has 0 radical (unpaired) electrons. The molecule has 186 valence electrons. The molecule has 2 amide bonds. The van der Waals surface area contributed by atoms with Crippen LogP contribution in [0.4, 0.5) is 10.5 Å². The molecule has 37 heavy (non-hydrogen) atoms. The van der Waals surface area contributed by atoms with Crippen LogP contribution in [0, 0.1) is 0 Å². The van der Waals surface area contributed by atoms with E-state index in [1.54, 1.807) is 55.9 Å². The lowest BCUT2D eigenvalue weighted by atomic mass is 9.98. The number of benzene rings is 3. The van der Waals surface area contributed by atoms with Crippen molar-refractivity contribution >= 4 is 17.4 Å². The van der Waals surface area contributed by atoms with Crippen molar-refractivity contribution in [3.8, 4) is 17.2 Å². The number of aromatic hydroxyl groups is 1. The number of ether oxygens (including phenoxy) is 2. The Labute approximate surface area is 214 Å². The molecule has 8 heteroatoms. The summed E-state index contributed by atoms with van der Waals surface area (Å²) >= 11 is 0. The number of aromatic nitrogens is 1. The number of para-hydroxylation sites is 1. The van der Waals surface area contributed by atoms with Gasteiger partial charge in [0.05, 0.1) is 18.9 Å². The van der Waals surface area contributed by atoms with Crippen LogP contribution < -0.4 is 14.8 Å². The van der Waals surface area contributed by atoms with Gasteiger partial charge in [0.25, 0.3) is 0 Å². The quantitative estimate of drug-likeness (QED) is 0.341. The van der Waals surface area contributed by atoms with Crippen molar-refractivity contribution in [3.05, 3.63) is 114 Å². The third-order valence-electron chi connectivity index (χ3n) is 6.06. The lowest BCUT2D eigenvalue weighted by Gasteiger charge is -2.23. The minimum Gasteiger partial charge on any atom is -0.508 e. The predicted octanol–water partition coefficient (Wildman–Crippen LogP) is 5.76. The van der Waals surface area contributed by atoms with Gasteiger partial charge in [-0.3, -0.25) is 4.98 Å². The number of urea groups is 1. The Balaban J connectivity index is 1.40. The number of nitrogens with one attached hydrogen (secondary N) is 1. The van der Waals surface area contributed by atoms with Gasteiger partial charge in [-0.05, 0) is 29.8 Å². The summed E-state index contributed by atoms with van der Waals surface area (Å²) in [4.78, 5) is 17.6. The lowest BCUT2D eigenvalue weighted by Crippen LogP contribution is -2.31. The molecule has 1 unspecified atom stereocenters. The number of rotatable bonds is 7. The Morgan fingerprint density at radius 1 is 1.03 bits per heavy atom. The van der Waals surface area contributed by atoms with Gasteiger partial charge in [0.2, 0.25) is 0 Å². The van der Waals surface area contributed by atoms with E-state index in [2.05, 4.69) is 15.4 Å². The Bertz CT molecular complexity index is 1410. The van der Waals surface area contributed by atoms with E-state index in [-0.39, 0.29) is 5.75 Å². The van der Waals surface area contributed by atoms with Crippen molar-refractivity contribution in [1.82, 2.24) is 9.99 Å². The number of carbonyl (C=O) groups excluding carboxylic acids is 1. The van der Waals surface area contributed by atoms with Crippen molar-refractivity contribution in [2.75, 3.05) is 12.4 Å². The third-order valence-corrected chi connectivity index (χ3v) is 6.06. The summed E-state index contributed by atoms with van der Waals surface area (Å²) in [6, 6.07) is 24.8. The molecule has 1 aliphatic heterocycles. The van der Waals surface area contributed by atoms with Crippen molar-refractivity contribution < 1.29 is 19.4 Å². The zero-order chi connectivity index (χ0) is 25.6. The molecule has 1 aliphatic rings. The second kappa shape index (κ2) is 10.8. The first-order valence-corrected chi connectivity index (χ1v) is 11.8. The number of carbonyl (C=O) groups is 1. The van der Waals surface area contributed by atoms with Crippen LogP contribution in [-0.4, -0.2) is 34.0 Å². The van der Waals surface area contributed by atoms with Crippen LogP contribution >= 0.6 is 0 Å². The highest BCUT2D eigenvalue weighted by atomic mass is 16.5. The van der Waals surface area contributed by atoms with Crippen LogP contribution in [0.3, 0.4) is 0 Å². The molecule has 0 saturated carbocycles. The molecule has 1 atom stereocenters. The number of phenols is 1. The van der Waals surface area contributed by atoms with E-state index in [0.717, 1.165) is 11.1 Å². The van der Waals surface area contributed by atoms with Crippen molar-refractivity contribution in [1.29, 1.82) is 0 Å². The van der Waals surface area contributed by atoms with Crippen molar-refractivity contribution in [2.45, 2.75) is 19.1 Å². The molecular weight excluding hydrogens is 468 g/mol. The van der Waals surface area contributed by atoms with Crippen LogP contribution in [0.2, 0.25) is 0 Å². The van der Waals surface area contributed by atoms with E-state index in [4.69, 9.17) is 9.47 Å². The molecule has 8 nitrogen and oxygen atoms in total. The van der Waals surface area contributed by atoms with Crippen LogP contribution in [0.5, 0.6) is 17.2 Å². The van der Waals surface area contributed by atoms with E-state index in [1.165, 1.54) is 5.01 Å². The smallest absolute Gasteiger partial charge is 0.342 e. The topological polar surface area (TPSA) is 96.3 Å². The zero-order valence-electron chi connectivity index (χ0n) is 20.2. The maximum absolute atomic E-state index is 13.5. The number of amides is 2. The molecule has 4 aromatic rings. The number of hydrazone groups is 1. The number of hydrogen-bond acceptors (Lipinski definition) is 6. The maximum atomic E-state index is 13.5. The Morgan fingerprint density at radius 2 is 1.84 bits per heavy atom. The minimum atomic E-state index is -0.483. The van der Waals surface area contributed by atoms with E-state index in [0.29, 0.717) is 41.5 Å². The van der Waals surface area contributed by atoms with Crippen LogP contribution in [-0.2, 0) is 6.61 Å². The molecule has 3 aromatic carbocycles. The molecule has 0 saturated heterocycles. The zero-order valence-corrected chi connectivity index (χ0v) is 20.2. The Kier molecular flexibility index (Phi) is 6.98. The second-order valence-corrected chi connectivity index (χ2v) is 8.48. The highest BCUT2D eigenvalue weighted by Crippen LogP contribution is 2.38. The SMILES string of the molecule is COc1ccc(NC(=O)N2N=C(c3cccnc3)CC2c2ccccc2O)cc1OCc1ccccc1. The monoisotopic (exact) mass is 494 g/mol. The summed E-state index contributed by atoms with van der Waals surface area (Å²) in [6.07, 6.45) is 3.83. The van der Waals surface area contributed by atoms with Gasteiger partial charge in [-0.1, -0.05) is 54.6 Å². The second-order valence-electron chi connectivity index (χ2n) is 8.48. The molecule has 5 rings (SSSR count). The van der Waals surface area contributed by atoms with Crippen LogP contribution in [0.25, 0.3) is 0 Å². The van der Waals surface area contributed by atoms with Crippen molar-refractivity contribution in [3.63, 3.8) is 0 Å². The number of nitrogens with zero attached hydrogens (tertiary/aromatic N) is 3. The molecule has 1 aromatic heterocycles. The number of anilines is 1. The average Bonchev–Trinajstić information content (AvgIpc) is 3.39. The number of pyridine rings is 1.